The second kappa shape index (κ2) is 6.43. The fraction of sp³-hybridized carbons (Fsp3) is 0.333. The van der Waals surface area contributed by atoms with Crippen molar-refractivity contribution >= 4 is 10.0 Å². The van der Waals surface area contributed by atoms with Crippen LogP contribution < -0.4 is 0 Å². The fourth-order valence-corrected chi connectivity index (χ4v) is 4.42. The van der Waals surface area contributed by atoms with Crippen molar-refractivity contribution in [1.82, 2.24) is 9.21 Å². The van der Waals surface area contributed by atoms with Crippen LogP contribution in [0.3, 0.4) is 0 Å². The number of hydrogen-bond acceptors (Lipinski definition) is 3. The summed E-state index contributed by atoms with van der Waals surface area (Å²) in [7, 11) is -1.38. The SMILES string of the molecule is Cc1ccc([C@H]2CN(S(=O)(=O)c3ccccc3)CCN2C)cc1. The summed E-state index contributed by atoms with van der Waals surface area (Å²) in [5.74, 6) is 0. The summed E-state index contributed by atoms with van der Waals surface area (Å²) >= 11 is 0. The predicted molar refractivity (Wildman–Crippen MR) is 91.8 cm³/mol. The van der Waals surface area contributed by atoms with E-state index in [0.29, 0.717) is 18.0 Å². The van der Waals surface area contributed by atoms with Gasteiger partial charge in [-0.1, -0.05) is 48.0 Å². The highest BCUT2D eigenvalue weighted by atomic mass is 32.2. The zero-order chi connectivity index (χ0) is 16.4. The zero-order valence-corrected chi connectivity index (χ0v) is 14.3. The fourth-order valence-electron chi connectivity index (χ4n) is 2.96. The number of hydrogen-bond donors (Lipinski definition) is 0. The molecule has 0 unspecified atom stereocenters. The number of rotatable bonds is 3. The molecular weight excluding hydrogens is 308 g/mol. The second-order valence-electron chi connectivity index (χ2n) is 6.08. The number of sulfonamides is 1. The Bertz CT molecular complexity index is 757. The molecule has 0 N–H and O–H groups in total. The maximum absolute atomic E-state index is 12.8. The van der Waals surface area contributed by atoms with Crippen molar-refractivity contribution in [1.29, 1.82) is 0 Å². The lowest BCUT2D eigenvalue weighted by Gasteiger charge is -2.39. The van der Waals surface area contributed by atoms with E-state index in [-0.39, 0.29) is 6.04 Å². The number of benzene rings is 2. The van der Waals surface area contributed by atoms with Crippen molar-refractivity contribution in [2.45, 2.75) is 17.9 Å². The normalized spacial score (nSPS) is 20.5. The molecule has 1 aliphatic rings. The minimum Gasteiger partial charge on any atom is -0.297 e. The van der Waals surface area contributed by atoms with Crippen LogP contribution in [0.5, 0.6) is 0 Å². The van der Waals surface area contributed by atoms with Gasteiger partial charge in [0.2, 0.25) is 10.0 Å². The lowest BCUT2D eigenvalue weighted by atomic mass is 10.0. The summed E-state index contributed by atoms with van der Waals surface area (Å²) in [6, 6.07) is 17.1. The second-order valence-corrected chi connectivity index (χ2v) is 8.02. The number of aryl methyl sites for hydroxylation is 1. The van der Waals surface area contributed by atoms with Crippen molar-refractivity contribution in [3.05, 3.63) is 65.7 Å². The molecule has 0 aliphatic carbocycles. The molecule has 0 spiro atoms. The maximum Gasteiger partial charge on any atom is 0.243 e. The molecule has 23 heavy (non-hydrogen) atoms. The van der Waals surface area contributed by atoms with E-state index in [1.165, 1.54) is 5.56 Å². The molecule has 0 radical (unpaired) electrons. The molecule has 122 valence electrons. The average molecular weight is 330 g/mol. The van der Waals surface area contributed by atoms with Gasteiger partial charge in [0.05, 0.1) is 4.90 Å². The smallest absolute Gasteiger partial charge is 0.243 e. The molecule has 1 atom stereocenters. The molecule has 0 amide bonds. The largest absolute Gasteiger partial charge is 0.297 e. The van der Waals surface area contributed by atoms with Gasteiger partial charge in [-0.25, -0.2) is 8.42 Å². The highest BCUT2D eigenvalue weighted by Gasteiger charge is 2.33. The zero-order valence-electron chi connectivity index (χ0n) is 13.5. The van der Waals surface area contributed by atoms with Crippen LogP contribution in [-0.2, 0) is 10.0 Å². The van der Waals surface area contributed by atoms with Gasteiger partial charge in [0.25, 0.3) is 0 Å². The minimum atomic E-state index is -3.43. The van der Waals surface area contributed by atoms with Crippen LogP contribution in [-0.4, -0.2) is 44.3 Å². The lowest BCUT2D eigenvalue weighted by Crippen LogP contribution is -2.48. The van der Waals surface area contributed by atoms with Gasteiger partial charge < -0.3 is 0 Å². The quantitative estimate of drug-likeness (QED) is 0.869. The summed E-state index contributed by atoms with van der Waals surface area (Å²) < 4.78 is 27.3. The Balaban J connectivity index is 1.87. The molecule has 0 saturated carbocycles. The van der Waals surface area contributed by atoms with Crippen LogP contribution in [0.1, 0.15) is 17.2 Å². The van der Waals surface area contributed by atoms with Crippen molar-refractivity contribution in [3.8, 4) is 0 Å². The van der Waals surface area contributed by atoms with Crippen LogP contribution in [0.2, 0.25) is 0 Å². The molecule has 2 aromatic rings. The number of nitrogens with zero attached hydrogens (tertiary/aromatic N) is 2. The van der Waals surface area contributed by atoms with E-state index in [2.05, 4.69) is 43.1 Å². The first-order valence-corrected chi connectivity index (χ1v) is 9.24. The first-order valence-electron chi connectivity index (χ1n) is 7.80. The van der Waals surface area contributed by atoms with Gasteiger partial charge in [0.1, 0.15) is 0 Å². The van der Waals surface area contributed by atoms with Crippen LogP contribution in [0.4, 0.5) is 0 Å². The molecule has 0 bridgehead atoms. The van der Waals surface area contributed by atoms with Gasteiger partial charge in [0.15, 0.2) is 0 Å². The number of piperazine rings is 1. The molecule has 1 aliphatic heterocycles. The monoisotopic (exact) mass is 330 g/mol. The third-order valence-corrected chi connectivity index (χ3v) is 6.33. The standard InChI is InChI=1S/C18H22N2O2S/c1-15-8-10-16(11-9-15)18-14-20(13-12-19(18)2)23(21,22)17-6-4-3-5-7-17/h3-11,18H,12-14H2,1-2H3/t18-/m1/s1. The van der Waals surface area contributed by atoms with Crippen LogP contribution in [0, 0.1) is 6.92 Å². The Kier molecular flexibility index (Phi) is 4.53. The van der Waals surface area contributed by atoms with Crippen LogP contribution >= 0.6 is 0 Å². The highest BCUT2D eigenvalue weighted by Crippen LogP contribution is 2.27. The van der Waals surface area contributed by atoms with E-state index < -0.39 is 10.0 Å². The molecule has 5 heteroatoms. The van der Waals surface area contributed by atoms with E-state index in [4.69, 9.17) is 0 Å². The Hall–Kier alpha value is -1.69. The highest BCUT2D eigenvalue weighted by molar-refractivity contribution is 7.89. The van der Waals surface area contributed by atoms with Gasteiger partial charge in [-0.2, -0.15) is 4.31 Å². The first-order chi connectivity index (χ1) is 11.0. The van der Waals surface area contributed by atoms with E-state index >= 15 is 0 Å². The van der Waals surface area contributed by atoms with Gasteiger partial charge >= 0.3 is 0 Å². The first kappa shape index (κ1) is 16.2. The molecule has 1 saturated heterocycles. The Morgan fingerprint density at radius 2 is 1.61 bits per heavy atom. The molecule has 0 aromatic heterocycles. The van der Waals surface area contributed by atoms with Crippen LogP contribution in [0.25, 0.3) is 0 Å². The van der Waals surface area contributed by atoms with E-state index in [1.807, 2.05) is 6.07 Å². The lowest BCUT2D eigenvalue weighted by molar-refractivity contribution is 0.148. The van der Waals surface area contributed by atoms with Gasteiger partial charge in [-0.15, -0.1) is 0 Å². The maximum atomic E-state index is 12.8. The summed E-state index contributed by atoms with van der Waals surface area (Å²) in [6.45, 7) is 3.79. The van der Waals surface area contributed by atoms with Gasteiger partial charge in [-0.3, -0.25) is 4.90 Å². The van der Waals surface area contributed by atoms with Crippen LogP contribution in [0.15, 0.2) is 59.5 Å². The van der Waals surface area contributed by atoms with Crippen molar-refractivity contribution < 1.29 is 8.42 Å². The summed E-state index contributed by atoms with van der Waals surface area (Å²) in [5.41, 5.74) is 2.37. The topological polar surface area (TPSA) is 40.6 Å². The molecule has 2 aromatic carbocycles. The molecule has 1 fully saturated rings. The predicted octanol–water partition coefficient (Wildman–Crippen LogP) is 2.67. The molecular formula is C18H22N2O2S. The summed E-state index contributed by atoms with van der Waals surface area (Å²) in [5, 5.41) is 0. The van der Waals surface area contributed by atoms with Crippen molar-refractivity contribution in [2.24, 2.45) is 0 Å². The van der Waals surface area contributed by atoms with E-state index in [0.717, 1.165) is 12.1 Å². The van der Waals surface area contributed by atoms with Gasteiger partial charge in [-0.05, 0) is 31.7 Å². The molecule has 1 heterocycles. The third-order valence-electron chi connectivity index (χ3n) is 4.45. The Labute approximate surface area is 138 Å². The molecule has 4 nitrogen and oxygen atoms in total. The third kappa shape index (κ3) is 3.32. The van der Waals surface area contributed by atoms with Crippen molar-refractivity contribution in [2.75, 3.05) is 26.7 Å². The Morgan fingerprint density at radius 3 is 2.26 bits per heavy atom. The average Bonchev–Trinajstić information content (AvgIpc) is 2.57. The van der Waals surface area contributed by atoms with E-state index in [1.54, 1.807) is 28.6 Å². The number of likely N-dealkylation sites (N-methyl/N-ethyl adjacent to an activating group) is 1. The summed E-state index contributed by atoms with van der Waals surface area (Å²) in [6.07, 6.45) is 0. The van der Waals surface area contributed by atoms with Gasteiger partial charge in [0, 0.05) is 25.7 Å². The van der Waals surface area contributed by atoms with E-state index in [9.17, 15) is 8.42 Å². The molecule has 3 rings (SSSR count). The summed E-state index contributed by atoms with van der Waals surface area (Å²) in [4.78, 5) is 2.59. The Morgan fingerprint density at radius 1 is 0.957 bits per heavy atom. The minimum absolute atomic E-state index is 0.0860. The van der Waals surface area contributed by atoms with Crippen molar-refractivity contribution in [3.63, 3.8) is 0 Å².